The fourth-order valence-corrected chi connectivity index (χ4v) is 3.88. The summed E-state index contributed by atoms with van der Waals surface area (Å²) in [4.78, 5) is 13.6. The second-order valence-corrected chi connectivity index (χ2v) is 7.07. The number of anilines is 1. The van der Waals surface area contributed by atoms with Crippen LogP contribution in [0.2, 0.25) is 0 Å². The number of urea groups is 1. The van der Waals surface area contributed by atoms with Crippen LogP contribution < -0.4 is 5.32 Å². The van der Waals surface area contributed by atoms with Gasteiger partial charge in [0.1, 0.15) is 5.01 Å². The highest BCUT2D eigenvalue weighted by Gasteiger charge is 2.41. The van der Waals surface area contributed by atoms with Crippen LogP contribution in [0.1, 0.15) is 36.6 Å². The van der Waals surface area contributed by atoms with Gasteiger partial charge in [0.05, 0.1) is 5.92 Å². The summed E-state index contributed by atoms with van der Waals surface area (Å²) in [6.07, 6.45) is -2.53. The molecule has 10 heteroatoms. The molecule has 0 saturated carbocycles. The Bertz CT molecular complexity index is 567. The number of nitrogens with one attached hydrogen (secondary N) is 1. The number of rotatable bonds is 2. The van der Waals surface area contributed by atoms with E-state index < -0.39 is 18.1 Å². The van der Waals surface area contributed by atoms with E-state index in [1.807, 2.05) is 0 Å². The van der Waals surface area contributed by atoms with Gasteiger partial charge in [-0.1, -0.05) is 11.3 Å². The summed E-state index contributed by atoms with van der Waals surface area (Å²) in [5, 5.41) is 12.0. The summed E-state index contributed by atoms with van der Waals surface area (Å²) in [5.74, 6) is -1.02. The highest BCUT2D eigenvalue weighted by atomic mass is 32.1. The molecular formula is C14H19F3N4O2S. The summed E-state index contributed by atoms with van der Waals surface area (Å²) in [7, 11) is 0. The standard InChI is InChI=1S/C14H19F3N4O2S/c15-14(16,17)10-1-5-21(6-2-10)13(22)18-12-20-19-11(24-12)9-3-7-23-8-4-9/h9-10H,1-8H2,(H,18,20,22). The third-order valence-electron chi connectivity index (χ3n) is 4.47. The molecule has 0 atom stereocenters. The van der Waals surface area contributed by atoms with Gasteiger partial charge in [-0.25, -0.2) is 4.79 Å². The topological polar surface area (TPSA) is 67.3 Å². The number of piperidine rings is 1. The third kappa shape index (κ3) is 4.15. The molecule has 0 aliphatic carbocycles. The molecule has 2 amide bonds. The molecule has 24 heavy (non-hydrogen) atoms. The van der Waals surface area contributed by atoms with Crippen molar-refractivity contribution in [1.82, 2.24) is 15.1 Å². The van der Waals surface area contributed by atoms with Crippen LogP contribution in [-0.2, 0) is 4.74 Å². The molecule has 2 saturated heterocycles. The summed E-state index contributed by atoms with van der Waals surface area (Å²) in [5.41, 5.74) is 0. The Labute approximate surface area is 141 Å². The minimum Gasteiger partial charge on any atom is -0.381 e. The zero-order chi connectivity index (χ0) is 17.2. The number of hydrogen-bond acceptors (Lipinski definition) is 5. The molecule has 1 aromatic heterocycles. The van der Waals surface area contributed by atoms with Crippen LogP contribution in [-0.4, -0.2) is 53.6 Å². The average Bonchev–Trinajstić information content (AvgIpc) is 3.03. The van der Waals surface area contributed by atoms with Crippen molar-refractivity contribution in [2.75, 3.05) is 31.6 Å². The van der Waals surface area contributed by atoms with Crippen LogP contribution >= 0.6 is 11.3 Å². The molecule has 0 radical (unpaired) electrons. The quantitative estimate of drug-likeness (QED) is 0.875. The van der Waals surface area contributed by atoms with Gasteiger partial charge in [-0.15, -0.1) is 10.2 Å². The number of hydrogen-bond donors (Lipinski definition) is 1. The largest absolute Gasteiger partial charge is 0.391 e. The molecule has 2 aliphatic rings. The second-order valence-electron chi connectivity index (χ2n) is 6.07. The van der Waals surface area contributed by atoms with Crippen LogP contribution in [0.5, 0.6) is 0 Å². The number of nitrogens with zero attached hydrogens (tertiary/aromatic N) is 3. The lowest BCUT2D eigenvalue weighted by Gasteiger charge is -2.32. The van der Waals surface area contributed by atoms with Crippen molar-refractivity contribution in [3.8, 4) is 0 Å². The number of aromatic nitrogens is 2. The molecule has 2 fully saturated rings. The molecule has 0 unspecified atom stereocenters. The highest BCUT2D eigenvalue weighted by molar-refractivity contribution is 7.15. The first-order valence-electron chi connectivity index (χ1n) is 7.97. The lowest BCUT2D eigenvalue weighted by atomic mass is 9.96. The van der Waals surface area contributed by atoms with Gasteiger partial charge in [0.25, 0.3) is 0 Å². The molecule has 1 N–H and O–H groups in total. The van der Waals surface area contributed by atoms with E-state index in [0.717, 1.165) is 17.8 Å². The van der Waals surface area contributed by atoms with Gasteiger partial charge in [-0.3, -0.25) is 5.32 Å². The lowest BCUT2D eigenvalue weighted by Crippen LogP contribution is -2.43. The predicted molar refractivity (Wildman–Crippen MR) is 82.1 cm³/mol. The van der Waals surface area contributed by atoms with Crippen LogP contribution in [0, 0.1) is 5.92 Å². The van der Waals surface area contributed by atoms with Crippen LogP contribution in [0.4, 0.5) is 23.1 Å². The monoisotopic (exact) mass is 364 g/mol. The Kier molecular flexibility index (Phi) is 5.24. The first-order chi connectivity index (χ1) is 11.4. The van der Waals surface area contributed by atoms with Crippen molar-refractivity contribution >= 4 is 22.5 Å². The number of likely N-dealkylation sites (tertiary alicyclic amines) is 1. The lowest BCUT2D eigenvalue weighted by molar-refractivity contribution is -0.183. The third-order valence-corrected chi connectivity index (χ3v) is 5.47. The van der Waals surface area contributed by atoms with Gasteiger partial charge in [0, 0.05) is 32.2 Å². The van der Waals surface area contributed by atoms with Gasteiger partial charge in [0.15, 0.2) is 0 Å². The zero-order valence-electron chi connectivity index (χ0n) is 13.0. The zero-order valence-corrected chi connectivity index (χ0v) is 13.8. The van der Waals surface area contributed by atoms with Crippen molar-refractivity contribution in [1.29, 1.82) is 0 Å². The van der Waals surface area contributed by atoms with Crippen molar-refractivity contribution < 1.29 is 22.7 Å². The van der Waals surface area contributed by atoms with Crippen LogP contribution in [0.3, 0.4) is 0 Å². The first-order valence-corrected chi connectivity index (χ1v) is 8.79. The van der Waals surface area contributed by atoms with E-state index in [-0.39, 0.29) is 25.9 Å². The van der Waals surface area contributed by atoms with Crippen LogP contribution in [0.15, 0.2) is 0 Å². The summed E-state index contributed by atoms with van der Waals surface area (Å²) < 4.78 is 43.3. The highest BCUT2D eigenvalue weighted by Crippen LogP contribution is 2.34. The Hall–Kier alpha value is -1.42. The maximum atomic E-state index is 12.7. The number of carbonyl (C=O) groups is 1. The normalized spacial score (nSPS) is 21.0. The molecule has 134 valence electrons. The summed E-state index contributed by atoms with van der Waals surface area (Å²) >= 11 is 1.32. The number of halogens is 3. The van der Waals surface area contributed by atoms with Crippen molar-refractivity contribution in [3.05, 3.63) is 5.01 Å². The summed E-state index contributed by atoms with van der Waals surface area (Å²) in [6, 6.07) is -0.412. The molecular weight excluding hydrogens is 345 g/mol. The molecule has 0 aromatic carbocycles. The van der Waals surface area contributed by atoms with E-state index >= 15 is 0 Å². The number of ether oxygens (including phenoxy) is 1. The average molecular weight is 364 g/mol. The summed E-state index contributed by atoms with van der Waals surface area (Å²) in [6.45, 7) is 1.59. The Morgan fingerprint density at radius 2 is 1.83 bits per heavy atom. The molecule has 3 heterocycles. The second kappa shape index (κ2) is 7.22. The first kappa shape index (κ1) is 17.4. The number of alkyl halides is 3. The Balaban J connectivity index is 1.51. The molecule has 2 aliphatic heterocycles. The molecule has 3 rings (SSSR count). The minimum atomic E-state index is -4.18. The van der Waals surface area contributed by atoms with Gasteiger partial charge in [-0.05, 0) is 25.7 Å². The van der Waals surface area contributed by atoms with E-state index in [1.54, 1.807) is 0 Å². The van der Waals surface area contributed by atoms with Crippen molar-refractivity contribution in [2.24, 2.45) is 5.92 Å². The van der Waals surface area contributed by atoms with Gasteiger partial charge >= 0.3 is 12.2 Å². The molecule has 1 aromatic rings. The fourth-order valence-electron chi connectivity index (χ4n) is 2.98. The van der Waals surface area contributed by atoms with Gasteiger partial charge in [0.2, 0.25) is 5.13 Å². The van der Waals surface area contributed by atoms with E-state index in [4.69, 9.17) is 4.74 Å². The van der Waals surface area contributed by atoms with E-state index in [1.165, 1.54) is 16.2 Å². The van der Waals surface area contributed by atoms with Gasteiger partial charge < -0.3 is 9.64 Å². The number of carbonyl (C=O) groups excluding carboxylic acids is 1. The van der Waals surface area contributed by atoms with E-state index in [2.05, 4.69) is 15.5 Å². The maximum Gasteiger partial charge on any atom is 0.391 e. The smallest absolute Gasteiger partial charge is 0.381 e. The van der Waals surface area contributed by atoms with E-state index in [0.29, 0.717) is 24.3 Å². The predicted octanol–water partition coefficient (Wildman–Crippen LogP) is 3.24. The Morgan fingerprint density at radius 3 is 2.46 bits per heavy atom. The molecule has 0 bridgehead atoms. The van der Waals surface area contributed by atoms with E-state index in [9.17, 15) is 18.0 Å². The SMILES string of the molecule is O=C(Nc1nnc(C2CCOCC2)s1)N1CCC(C(F)(F)F)CC1. The maximum absolute atomic E-state index is 12.7. The minimum absolute atomic E-state index is 0.0552. The van der Waals surface area contributed by atoms with Crippen molar-refractivity contribution in [3.63, 3.8) is 0 Å². The number of amides is 2. The van der Waals surface area contributed by atoms with Gasteiger partial charge in [-0.2, -0.15) is 13.2 Å². The fraction of sp³-hybridized carbons (Fsp3) is 0.786. The Morgan fingerprint density at radius 1 is 1.17 bits per heavy atom. The van der Waals surface area contributed by atoms with Crippen molar-refractivity contribution in [2.45, 2.75) is 37.8 Å². The molecule has 0 spiro atoms. The molecule has 6 nitrogen and oxygen atoms in total. The van der Waals surface area contributed by atoms with Crippen LogP contribution in [0.25, 0.3) is 0 Å².